The number of rotatable bonds is 5. The van der Waals surface area contributed by atoms with Gasteiger partial charge in [-0.25, -0.2) is 0 Å². The topological polar surface area (TPSA) is 53.6 Å². The summed E-state index contributed by atoms with van der Waals surface area (Å²) in [5.41, 5.74) is 8.73. The normalized spacial score (nSPS) is 15.3. The first kappa shape index (κ1) is 17.2. The van der Waals surface area contributed by atoms with Gasteiger partial charge in [0.2, 0.25) is 0 Å². The number of hydrogen-bond donors (Lipinski definition) is 2. The van der Waals surface area contributed by atoms with Crippen molar-refractivity contribution in [2.24, 2.45) is 10.7 Å². The average molecular weight is 388 g/mol. The molecule has 0 fully saturated rings. The van der Waals surface area contributed by atoms with E-state index < -0.39 is 0 Å². The van der Waals surface area contributed by atoms with Crippen LogP contribution in [0.15, 0.2) is 29.3 Å². The van der Waals surface area contributed by atoms with E-state index in [0.717, 1.165) is 45.6 Å². The van der Waals surface area contributed by atoms with Crippen molar-refractivity contribution in [1.82, 2.24) is 10.2 Å². The van der Waals surface area contributed by atoms with Crippen molar-refractivity contribution in [1.29, 1.82) is 0 Å². The van der Waals surface area contributed by atoms with Gasteiger partial charge in [0.1, 0.15) is 0 Å². The number of nitrogens with one attached hydrogen (secondary N) is 1. The number of nitrogens with two attached hydrogens (primary N) is 1. The average Bonchev–Trinajstić information content (AvgIpc) is 2.45. The highest BCUT2D eigenvalue weighted by atomic mass is 127. The third-order valence-corrected chi connectivity index (χ3v) is 3.45. The Balaban J connectivity index is 0.00000200. The molecule has 1 aromatic carbocycles. The largest absolute Gasteiger partial charge is 0.370 e. The van der Waals surface area contributed by atoms with Gasteiger partial charge >= 0.3 is 0 Å². The van der Waals surface area contributed by atoms with Gasteiger partial charge in [-0.2, -0.15) is 0 Å². The lowest BCUT2D eigenvalue weighted by Gasteiger charge is -2.28. The number of fused-ring (bicyclic) bond motifs is 1. The molecule has 2 rings (SSSR count). The number of guanidine groups is 1. The van der Waals surface area contributed by atoms with Crippen LogP contribution < -0.4 is 11.1 Å². The summed E-state index contributed by atoms with van der Waals surface area (Å²) in [6, 6.07) is 8.71. The van der Waals surface area contributed by atoms with Gasteiger partial charge in [-0.15, -0.1) is 24.0 Å². The van der Waals surface area contributed by atoms with Crippen LogP contribution in [0.25, 0.3) is 0 Å². The molecule has 1 aromatic rings. The first-order valence-electron chi connectivity index (χ1n) is 7.12. The fourth-order valence-electron chi connectivity index (χ4n) is 2.38. The predicted molar refractivity (Wildman–Crippen MR) is 95.6 cm³/mol. The number of hydrogen-bond acceptors (Lipinski definition) is 2. The molecule has 5 heteroatoms. The van der Waals surface area contributed by atoms with Crippen LogP contribution in [-0.2, 0) is 13.0 Å². The van der Waals surface area contributed by atoms with Crippen molar-refractivity contribution in [3.05, 3.63) is 35.4 Å². The van der Waals surface area contributed by atoms with E-state index in [1.807, 2.05) is 0 Å². The Hall–Kier alpha value is -0.820. The van der Waals surface area contributed by atoms with Crippen LogP contribution in [0.2, 0.25) is 0 Å². The van der Waals surface area contributed by atoms with Crippen LogP contribution in [0.5, 0.6) is 0 Å². The molecule has 112 valence electrons. The third kappa shape index (κ3) is 5.28. The highest BCUT2D eigenvalue weighted by Crippen LogP contribution is 2.17. The van der Waals surface area contributed by atoms with Gasteiger partial charge in [0.25, 0.3) is 0 Å². The van der Waals surface area contributed by atoms with Crippen LogP contribution in [-0.4, -0.2) is 37.0 Å². The van der Waals surface area contributed by atoms with Crippen LogP contribution in [0.4, 0.5) is 0 Å². The van der Waals surface area contributed by atoms with Crippen molar-refractivity contribution >= 4 is 29.9 Å². The summed E-state index contributed by atoms with van der Waals surface area (Å²) in [6.07, 6.45) is 2.18. The Morgan fingerprint density at radius 3 is 2.85 bits per heavy atom. The second-order valence-electron chi connectivity index (χ2n) is 4.99. The fraction of sp³-hybridized carbons (Fsp3) is 0.533. The molecule has 0 unspecified atom stereocenters. The summed E-state index contributed by atoms with van der Waals surface area (Å²) < 4.78 is 0. The van der Waals surface area contributed by atoms with Gasteiger partial charge in [-0.05, 0) is 24.0 Å². The van der Waals surface area contributed by atoms with Crippen LogP contribution in [0, 0.1) is 0 Å². The van der Waals surface area contributed by atoms with Gasteiger partial charge in [0.15, 0.2) is 5.96 Å². The Bertz CT molecular complexity index is 434. The third-order valence-electron chi connectivity index (χ3n) is 3.45. The van der Waals surface area contributed by atoms with Gasteiger partial charge in [0.05, 0.1) is 0 Å². The molecule has 0 saturated carbocycles. The fourth-order valence-corrected chi connectivity index (χ4v) is 2.38. The summed E-state index contributed by atoms with van der Waals surface area (Å²) in [7, 11) is 0. The van der Waals surface area contributed by atoms with E-state index in [9.17, 15) is 0 Å². The molecule has 3 N–H and O–H groups in total. The van der Waals surface area contributed by atoms with E-state index in [-0.39, 0.29) is 24.0 Å². The summed E-state index contributed by atoms with van der Waals surface area (Å²) in [5.74, 6) is 0.569. The van der Waals surface area contributed by atoms with Crippen molar-refractivity contribution in [2.45, 2.75) is 26.3 Å². The van der Waals surface area contributed by atoms with E-state index in [0.29, 0.717) is 5.96 Å². The number of benzene rings is 1. The zero-order chi connectivity index (χ0) is 13.5. The van der Waals surface area contributed by atoms with Gasteiger partial charge in [-0.3, -0.25) is 9.89 Å². The molecule has 0 bridgehead atoms. The monoisotopic (exact) mass is 388 g/mol. The van der Waals surface area contributed by atoms with Gasteiger partial charge in [0, 0.05) is 32.7 Å². The highest BCUT2D eigenvalue weighted by Gasteiger charge is 2.14. The summed E-state index contributed by atoms with van der Waals surface area (Å²) in [6.45, 7) is 6.95. The van der Waals surface area contributed by atoms with Crippen LogP contribution in [0.1, 0.15) is 24.5 Å². The summed E-state index contributed by atoms with van der Waals surface area (Å²) in [4.78, 5) is 6.69. The second kappa shape index (κ2) is 9.18. The Kier molecular flexibility index (Phi) is 7.91. The minimum atomic E-state index is 0. The molecule has 1 aliphatic rings. The van der Waals surface area contributed by atoms with E-state index in [2.05, 4.69) is 46.4 Å². The zero-order valence-electron chi connectivity index (χ0n) is 12.1. The van der Waals surface area contributed by atoms with E-state index in [1.165, 1.54) is 11.1 Å². The number of aliphatic imine (C=N–C) groups is 1. The Morgan fingerprint density at radius 2 is 2.10 bits per heavy atom. The lowest BCUT2D eigenvalue weighted by atomic mass is 10.00. The minimum absolute atomic E-state index is 0. The zero-order valence-corrected chi connectivity index (χ0v) is 14.5. The van der Waals surface area contributed by atoms with Crippen LogP contribution in [0.3, 0.4) is 0 Å². The van der Waals surface area contributed by atoms with Crippen LogP contribution >= 0.6 is 24.0 Å². The maximum Gasteiger partial charge on any atom is 0.188 e. The Labute approximate surface area is 138 Å². The van der Waals surface area contributed by atoms with Crippen molar-refractivity contribution < 1.29 is 0 Å². The smallest absolute Gasteiger partial charge is 0.188 e. The molecule has 0 aliphatic carbocycles. The van der Waals surface area contributed by atoms with Gasteiger partial charge < -0.3 is 11.1 Å². The number of halogens is 1. The molecule has 0 amide bonds. The van der Waals surface area contributed by atoms with E-state index in [1.54, 1.807) is 0 Å². The van der Waals surface area contributed by atoms with Gasteiger partial charge in [-0.1, -0.05) is 31.2 Å². The quantitative estimate of drug-likeness (QED) is 0.461. The standard InChI is InChI=1S/C15H24N4.HI/c1-2-8-17-15(16)18-9-11-19-10-7-13-5-3-4-6-14(13)12-19;/h3-6H,2,7-12H2,1H3,(H3,16,17,18);1H. The maximum absolute atomic E-state index is 5.77. The molecule has 0 atom stereocenters. The van der Waals surface area contributed by atoms with Crippen molar-refractivity contribution in [3.63, 3.8) is 0 Å². The molecule has 0 radical (unpaired) electrons. The molecule has 1 aliphatic heterocycles. The molecular formula is C15H25IN4. The highest BCUT2D eigenvalue weighted by molar-refractivity contribution is 14.0. The van der Waals surface area contributed by atoms with Crippen molar-refractivity contribution in [3.8, 4) is 0 Å². The molecule has 0 aromatic heterocycles. The molecular weight excluding hydrogens is 363 g/mol. The molecule has 4 nitrogen and oxygen atoms in total. The first-order valence-corrected chi connectivity index (χ1v) is 7.12. The molecule has 0 spiro atoms. The number of nitrogens with zero attached hydrogens (tertiary/aromatic N) is 2. The minimum Gasteiger partial charge on any atom is -0.370 e. The Morgan fingerprint density at radius 1 is 1.35 bits per heavy atom. The summed E-state index contributed by atoms with van der Waals surface area (Å²) in [5, 5.41) is 3.17. The summed E-state index contributed by atoms with van der Waals surface area (Å²) >= 11 is 0. The van der Waals surface area contributed by atoms with E-state index in [4.69, 9.17) is 5.73 Å². The lowest BCUT2D eigenvalue weighted by molar-refractivity contribution is 0.258. The first-order chi connectivity index (χ1) is 9.29. The molecule has 1 heterocycles. The molecule has 20 heavy (non-hydrogen) atoms. The maximum atomic E-state index is 5.77. The van der Waals surface area contributed by atoms with E-state index >= 15 is 0 Å². The predicted octanol–water partition coefficient (Wildman–Crippen LogP) is 1.98. The second-order valence-corrected chi connectivity index (χ2v) is 4.99. The molecule has 0 saturated heterocycles. The SMILES string of the molecule is CCCN=C(N)NCCN1CCc2ccccc2C1.I. The lowest BCUT2D eigenvalue weighted by Crippen LogP contribution is -2.40. The van der Waals surface area contributed by atoms with Crippen molar-refractivity contribution in [2.75, 3.05) is 26.2 Å².